The zero-order chi connectivity index (χ0) is 26.4. The standard InChI is InChI=1S/C30H29N3O3S2/c1-4-33-15-9-10-18-16-21-24(17-23(18)33)36-30(35)27(29-31-22-13-7-8-14-25(22)37-29)26(21)19-11-5-6-12-20(19)28(34)32-38(2)3/h5-8,11-14,16-17,38H,4,9-10,15H2,1-3H3,(H,32,34). The molecule has 1 N–H and O–H groups in total. The summed E-state index contributed by atoms with van der Waals surface area (Å²) >= 11 is 0.803. The molecule has 1 aliphatic heterocycles. The third-order valence-electron chi connectivity index (χ3n) is 6.98. The Bertz CT molecular complexity index is 1720. The Morgan fingerprint density at radius 1 is 1.11 bits per heavy atom. The fraction of sp³-hybridized carbons (Fsp3) is 0.233. The minimum absolute atomic E-state index is 0.150. The van der Waals surface area contributed by atoms with Crippen molar-refractivity contribution in [1.29, 1.82) is 0 Å². The van der Waals surface area contributed by atoms with Gasteiger partial charge >= 0.3 is 5.63 Å². The molecule has 38 heavy (non-hydrogen) atoms. The lowest BCUT2D eigenvalue weighted by Gasteiger charge is -2.30. The number of nitrogens with one attached hydrogen (secondary N) is 1. The highest BCUT2D eigenvalue weighted by Gasteiger charge is 2.26. The van der Waals surface area contributed by atoms with Crippen LogP contribution in [-0.4, -0.2) is 36.5 Å². The number of hydrogen-bond donors (Lipinski definition) is 2. The van der Waals surface area contributed by atoms with Gasteiger partial charge in [0.1, 0.15) is 16.2 Å². The summed E-state index contributed by atoms with van der Waals surface area (Å²) in [5.41, 5.74) is 5.58. The van der Waals surface area contributed by atoms with Gasteiger partial charge < -0.3 is 14.0 Å². The van der Waals surface area contributed by atoms with E-state index in [-0.39, 0.29) is 5.91 Å². The van der Waals surface area contributed by atoms with E-state index in [0.717, 1.165) is 47.2 Å². The number of rotatable bonds is 5. The van der Waals surface area contributed by atoms with E-state index < -0.39 is 16.7 Å². The van der Waals surface area contributed by atoms with Crippen LogP contribution in [0.3, 0.4) is 0 Å². The van der Waals surface area contributed by atoms with Gasteiger partial charge in [-0.25, -0.2) is 9.78 Å². The van der Waals surface area contributed by atoms with Crippen LogP contribution in [0, 0.1) is 0 Å². The molecule has 8 heteroatoms. The van der Waals surface area contributed by atoms with Crippen LogP contribution in [0.5, 0.6) is 0 Å². The van der Waals surface area contributed by atoms with Gasteiger partial charge in [0.15, 0.2) is 0 Å². The molecule has 3 aromatic carbocycles. The van der Waals surface area contributed by atoms with Crippen LogP contribution >= 0.6 is 22.4 Å². The third kappa shape index (κ3) is 4.27. The number of carbonyl (C=O) groups is 1. The summed E-state index contributed by atoms with van der Waals surface area (Å²) < 4.78 is 10.1. The molecule has 0 atom stereocenters. The number of fused-ring (bicyclic) bond motifs is 3. The first-order chi connectivity index (χ1) is 18.4. The van der Waals surface area contributed by atoms with Crippen molar-refractivity contribution in [3.05, 3.63) is 82.2 Å². The number of anilines is 1. The van der Waals surface area contributed by atoms with E-state index in [2.05, 4.69) is 22.6 Å². The molecule has 6 rings (SSSR count). The van der Waals surface area contributed by atoms with Crippen molar-refractivity contribution in [3.63, 3.8) is 0 Å². The average Bonchev–Trinajstić information content (AvgIpc) is 3.34. The molecule has 1 aliphatic rings. The maximum atomic E-state index is 13.8. The summed E-state index contributed by atoms with van der Waals surface area (Å²) in [6.07, 6.45) is 6.02. The molecule has 3 heterocycles. The van der Waals surface area contributed by atoms with Crippen molar-refractivity contribution in [2.24, 2.45) is 0 Å². The van der Waals surface area contributed by atoms with Crippen LogP contribution in [-0.2, 0) is 6.42 Å². The quantitative estimate of drug-likeness (QED) is 0.198. The largest absolute Gasteiger partial charge is 0.422 e. The van der Waals surface area contributed by atoms with Gasteiger partial charge in [-0.15, -0.1) is 11.3 Å². The Morgan fingerprint density at radius 2 is 1.89 bits per heavy atom. The first-order valence-electron chi connectivity index (χ1n) is 12.8. The molecular weight excluding hydrogens is 514 g/mol. The second-order valence-corrected chi connectivity index (χ2v) is 12.7. The average molecular weight is 544 g/mol. The number of thiol groups is 1. The van der Waals surface area contributed by atoms with Crippen molar-refractivity contribution < 1.29 is 9.21 Å². The lowest BCUT2D eigenvalue weighted by molar-refractivity contribution is 0.0984. The number of carbonyl (C=O) groups excluding carboxylic acids is 1. The zero-order valence-corrected chi connectivity index (χ0v) is 23.3. The van der Waals surface area contributed by atoms with Gasteiger partial charge in [-0.05, 0) is 67.7 Å². The normalized spacial score (nSPS) is 13.6. The fourth-order valence-electron chi connectivity index (χ4n) is 5.30. The molecule has 0 bridgehead atoms. The Morgan fingerprint density at radius 3 is 2.68 bits per heavy atom. The third-order valence-corrected chi connectivity index (χ3v) is 8.68. The van der Waals surface area contributed by atoms with Crippen LogP contribution in [0.1, 0.15) is 29.3 Å². The predicted octanol–water partition coefficient (Wildman–Crippen LogP) is 6.41. The highest BCUT2D eigenvalue weighted by molar-refractivity contribution is 8.14. The van der Waals surface area contributed by atoms with Gasteiger partial charge in [0.25, 0.3) is 5.91 Å². The summed E-state index contributed by atoms with van der Waals surface area (Å²) in [5, 5.41) is 1.42. The second-order valence-electron chi connectivity index (χ2n) is 9.67. The summed E-state index contributed by atoms with van der Waals surface area (Å²) in [7, 11) is 0. The molecule has 0 unspecified atom stereocenters. The number of amides is 1. The van der Waals surface area contributed by atoms with E-state index in [4.69, 9.17) is 9.40 Å². The van der Waals surface area contributed by atoms with Gasteiger partial charge in [-0.2, -0.15) is 11.1 Å². The van der Waals surface area contributed by atoms with Gasteiger partial charge in [-0.3, -0.25) is 4.79 Å². The number of benzene rings is 3. The summed E-state index contributed by atoms with van der Waals surface area (Å²) in [5.74, 6) is -0.150. The van der Waals surface area contributed by atoms with Crippen LogP contribution < -0.4 is 15.2 Å². The van der Waals surface area contributed by atoms with Gasteiger partial charge in [0, 0.05) is 41.4 Å². The maximum absolute atomic E-state index is 13.8. The van der Waals surface area contributed by atoms with E-state index in [0.29, 0.717) is 32.8 Å². The summed E-state index contributed by atoms with van der Waals surface area (Å²) in [6.45, 7) is 4.01. The van der Waals surface area contributed by atoms with Crippen molar-refractivity contribution in [2.45, 2.75) is 19.8 Å². The van der Waals surface area contributed by atoms with Crippen molar-refractivity contribution >= 4 is 55.2 Å². The molecule has 1 amide bonds. The number of nitrogens with zero attached hydrogens (tertiary/aromatic N) is 2. The first kappa shape index (κ1) is 24.7. The molecule has 0 aliphatic carbocycles. The maximum Gasteiger partial charge on any atom is 0.347 e. The second kappa shape index (κ2) is 9.93. The number of para-hydroxylation sites is 1. The molecular formula is C30H29N3O3S2. The van der Waals surface area contributed by atoms with Crippen LogP contribution in [0.2, 0.25) is 0 Å². The molecule has 2 aromatic heterocycles. The molecule has 0 saturated heterocycles. The van der Waals surface area contributed by atoms with Crippen LogP contribution in [0.25, 0.3) is 42.9 Å². The van der Waals surface area contributed by atoms with Crippen LogP contribution in [0.4, 0.5) is 5.69 Å². The van der Waals surface area contributed by atoms with E-state index in [9.17, 15) is 9.59 Å². The number of hydrogen-bond acceptors (Lipinski definition) is 6. The molecule has 194 valence electrons. The molecule has 0 saturated carbocycles. The van der Waals surface area contributed by atoms with Crippen LogP contribution in [0.15, 0.2) is 69.9 Å². The molecule has 5 aromatic rings. The smallest absolute Gasteiger partial charge is 0.347 e. The number of aromatic nitrogens is 1. The predicted molar refractivity (Wildman–Crippen MR) is 161 cm³/mol. The zero-order valence-electron chi connectivity index (χ0n) is 21.6. The molecule has 0 radical (unpaired) electrons. The van der Waals surface area contributed by atoms with Gasteiger partial charge in [0.2, 0.25) is 0 Å². The Kier molecular flexibility index (Phi) is 6.45. The van der Waals surface area contributed by atoms with Crippen molar-refractivity contribution in [1.82, 2.24) is 9.71 Å². The van der Waals surface area contributed by atoms with E-state index in [1.54, 1.807) is 0 Å². The Labute approximate surface area is 227 Å². The number of aryl methyl sites for hydroxylation is 1. The molecule has 6 nitrogen and oxygen atoms in total. The topological polar surface area (TPSA) is 75.4 Å². The first-order valence-corrected chi connectivity index (χ1v) is 15.8. The lowest BCUT2D eigenvalue weighted by Crippen LogP contribution is -2.28. The number of thiazole rings is 1. The fourth-order valence-corrected chi connectivity index (χ4v) is 6.83. The van der Waals surface area contributed by atoms with Gasteiger partial charge in [-0.1, -0.05) is 30.3 Å². The monoisotopic (exact) mass is 543 g/mol. The highest BCUT2D eigenvalue weighted by Crippen LogP contribution is 2.42. The summed E-state index contributed by atoms with van der Waals surface area (Å²) in [4.78, 5) is 34.3. The van der Waals surface area contributed by atoms with Crippen molar-refractivity contribution in [2.75, 3.05) is 30.5 Å². The Balaban J connectivity index is 1.70. The van der Waals surface area contributed by atoms with E-state index in [1.807, 2.05) is 67.1 Å². The van der Waals surface area contributed by atoms with Gasteiger partial charge in [0.05, 0.1) is 10.2 Å². The minimum atomic E-state index is -0.660. The van der Waals surface area contributed by atoms with Crippen molar-refractivity contribution in [3.8, 4) is 21.7 Å². The summed E-state index contributed by atoms with van der Waals surface area (Å²) in [6, 6.07) is 19.5. The Hall–Kier alpha value is -3.62. The minimum Gasteiger partial charge on any atom is -0.422 e. The molecule has 0 spiro atoms. The molecule has 0 fully saturated rings. The van der Waals surface area contributed by atoms with E-state index in [1.165, 1.54) is 16.9 Å². The highest BCUT2D eigenvalue weighted by atomic mass is 32.2. The van der Waals surface area contributed by atoms with E-state index >= 15 is 0 Å². The lowest BCUT2D eigenvalue weighted by atomic mass is 9.90. The SMILES string of the molecule is CCN1CCCc2cc3c(-c4ccccc4C(=O)N[SH](C)C)c(-c4nc5ccccc5s4)c(=O)oc3cc21.